The molecule has 9 atom stereocenters. The summed E-state index contributed by atoms with van der Waals surface area (Å²) in [4.78, 5) is 122. The maximum Gasteiger partial charge on any atom is 0.243 e. The van der Waals surface area contributed by atoms with E-state index in [-0.39, 0.29) is 55.6 Å². The van der Waals surface area contributed by atoms with Gasteiger partial charge in [-0.25, -0.2) is 0 Å². The van der Waals surface area contributed by atoms with Gasteiger partial charge in [-0.05, 0) is 85.4 Å². The monoisotopic (exact) mass is 1130 g/mol. The molecule has 2 rings (SSSR count). The maximum atomic E-state index is 14.6. The number of phenols is 2. The molecule has 0 fully saturated rings. The molecule has 14 N–H and O–H groups in total. The van der Waals surface area contributed by atoms with Gasteiger partial charge in [0.05, 0.1) is 13.1 Å². The summed E-state index contributed by atoms with van der Waals surface area (Å²) in [5, 5.41) is 41.6. The van der Waals surface area contributed by atoms with Crippen LogP contribution in [-0.4, -0.2) is 119 Å². The van der Waals surface area contributed by atoms with Crippen LogP contribution in [0, 0.1) is 17.8 Å². The van der Waals surface area contributed by atoms with Crippen molar-refractivity contribution < 1.29 is 53.4 Å². The van der Waals surface area contributed by atoms with Crippen LogP contribution < -0.4 is 54.0 Å². The lowest BCUT2D eigenvalue weighted by Gasteiger charge is -2.30. The number of carbonyl (C=O) groups is 9. The van der Waals surface area contributed by atoms with Gasteiger partial charge in [0.1, 0.15) is 47.8 Å². The summed E-state index contributed by atoms with van der Waals surface area (Å²) in [6.45, 7) is 12.4. The first-order chi connectivity index (χ1) is 38.7. The van der Waals surface area contributed by atoms with Crippen molar-refractivity contribution in [2.24, 2.45) is 29.2 Å². The Morgan fingerprint density at radius 1 is 0.432 bits per heavy atom. The molecule has 2 aromatic carbocycles. The number of hydrogen-bond donors (Lipinski definition) is 12. The van der Waals surface area contributed by atoms with E-state index in [0.717, 1.165) is 19.3 Å². The third-order valence-corrected chi connectivity index (χ3v) is 14.9. The molecular weight excluding hydrogens is 1040 g/mol. The van der Waals surface area contributed by atoms with E-state index in [9.17, 15) is 53.4 Å². The van der Waals surface area contributed by atoms with Gasteiger partial charge in [0, 0.05) is 19.3 Å². The number of amides is 9. The lowest BCUT2D eigenvalue weighted by molar-refractivity contribution is -0.136. The van der Waals surface area contributed by atoms with Crippen LogP contribution in [-0.2, 0) is 56.0 Å². The number of rotatable bonds is 42. The second kappa shape index (κ2) is 39.6. The largest absolute Gasteiger partial charge is 0.508 e. The van der Waals surface area contributed by atoms with E-state index in [2.05, 4.69) is 49.5 Å². The Balaban J connectivity index is 2.30. The number of nitrogens with one attached hydrogen (secondary N) is 8. The SMILES string of the molecule is CCCCCCCCCCCCCC(=O)NCC(=O)N[C@H](C(=O)N[C@H](C(=O)N[C@@H](Cc1ccc(O)cc1)C(=O)N[C@@H](Cc1ccc(O)cc1)C(=O)NCC(=O)N[C@@H](CCCCN)C(=O)N[C@H](C(N)=O)[C@@H](C)CC)[C@@H](C)CC)[C@@H](C)CC. The van der Waals surface area contributed by atoms with Crippen LogP contribution >= 0.6 is 0 Å². The van der Waals surface area contributed by atoms with E-state index in [0.29, 0.717) is 56.2 Å². The van der Waals surface area contributed by atoms with Crippen LogP contribution in [0.5, 0.6) is 11.5 Å². The quantitative estimate of drug-likeness (QED) is 0.0410. The van der Waals surface area contributed by atoms with Crippen molar-refractivity contribution in [2.75, 3.05) is 19.6 Å². The van der Waals surface area contributed by atoms with E-state index < -0.39 is 102 Å². The fourth-order valence-corrected chi connectivity index (χ4v) is 9.06. The van der Waals surface area contributed by atoms with E-state index in [1.165, 1.54) is 69.2 Å². The summed E-state index contributed by atoms with van der Waals surface area (Å²) in [6, 6.07) is 4.59. The van der Waals surface area contributed by atoms with Gasteiger partial charge in [0.25, 0.3) is 0 Å². The van der Waals surface area contributed by atoms with E-state index in [1.807, 2.05) is 20.8 Å². The second-order valence-electron chi connectivity index (χ2n) is 21.6. The minimum atomic E-state index is -1.39. The molecule has 0 unspecified atom stereocenters. The van der Waals surface area contributed by atoms with Gasteiger partial charge < -0.3 is 64.2 Å². The smallest absolute Gasteiger partial charge is 0.243 e. The molecule has 0 aliphatic rings. The number of hydrogen-bond acceptors (Lipinski definition) is 12. The molecule has 21 heteroatoms. The summed E-state index contributed by atoms with van der Waals surface area (Å²) < 4.78 is 0. The second-order valence-corrected chi connectivity index (χ2v) is 21.6. The van der Waals surface area contributed by atoms with Crippen LogP contribution in [0.2, 0.25) is 0 Å². The Bertz CT molecular complexity index is 2250. The summed E-state index contributed by atoms with van der Waals surface area (Å²) in [5.41, 5.74) is 12.3. The Hall–Kier alpha value is -6.77. The normalized spacial score (nSPS) is 14.5. The summed E-state index contributed by atoms with van der Waals surface area (Å²) in [6.07, 6.45) is 15.2. The minimum Gasteiger partial charge on any atom is -0.508 e. The number of unbranched alkanes of at least 4 members (excludes halogenated alkanes) is 11. The summed E-state index contributed by atoms with van der Waals surface area (Å²) in [7, 11) is 0. The average molecular weight is 1140 g/mol. The van der Waals surface area contributed by atoms with E-state index in [1.54, 1.807) is 45.0 Å². The zero-order valence-electron chi connectivity index (χ0n) is 49.3. The van der Waals surface area contributed by atoms with Gasteiger partial charge in [-0.3, -0.25) is 43.2 Å². The summed E-state index contributed by atoms with van der Waals surface area (Å²) in [5.74, 6) is -7.30. The van der Waals surface area contributed by atoms with Crippen LogP contribution in [0.3, 0.4) is 0 Å². The number of carbonyl (C=O) groups excluding carboxylic acids is 9. The van der Waals surface area contributed by atoms with Gasteiger partial charge in [-0.1, -0.05) is 156 Å². The average Bonchev–Trinajstić information content (AvgIpc) is 3.45. The Kier molecular flexibility index (Phi) is 34.4. The Morgan fingerprint density at radius 3 is 1.33 bits per heavy atom. The molecule has 0 aliphatic heterocycles. The highest BCUT2D eigenvalue weighted by atomic mass is 16.3. The predicted molar refractivity (Wildman–Crippen MR) is 313 cm³/mol. The first-order valence-electron chi connectivity index (χ1n) is 29.6. The molecule has 454 valence electrons. The van der Waals surface area contributed by atoms with Gasteiger partial charge in [0.15, 0.2) is 0 Å². The third-order valence-electron chi connectivity index (χ3n) is 14.9. The zero-order chi connectivity index (χ0) is 60.3. The molecule has 2 aromatic rings. The van der Waals surface area contributed by atoms with Crippen LogP contribution in [0.25, 0.3) is 0 Å². The predicted octanol–water partition coefficient (Wildman–Crippen LogP) is 4.48. The third kappa shape index (κ3) is 28.0. The first-order valence-corrected chi connectivity index (χ1v) is 29.6. The van der Waals surface area contributed by atoms with Crippen molar-refractivity contribution in [1.29, 1.82) is 0 Å². The molecule has 0 radical (unpaired) electrons. The number of aromatic hydroxyl groups is 2. The zero-order valence-corrected chi connectivity index (χ0v) is 49.3. The number of phenolic OH excluding ortho intramolecular Hbond substituents is 2. The highest BCUT2D eigenvalue weighted by Crippen LogP contribution is 2.18. The Morgan fingerprint density at radius 2 is 0.840 bits per heavy atom. The Labute approximate surface area is 480 Å². The topological polar surface area (TPSA) is 342 Å². The molecule has 0 aliphatic carbocycles. The van der Waals surface area contributed by atoms with Crippen LogP contribution in [0.4, 0.5) is 0 Å². The molecule has 0 bridgehead atoms. The minimum absolute atomic E-state index is 0.0496. The van der Waals surface area contributed by atoms with Gasteiger partial charge >= 0.3 is 0 Å². The standard InChI is InChI=1S/C60H98N10O11/c1-8-12-13-14-15-16-17-18-19-20-21-25-49(73)63-37-51(75)68-53(40(6)10-3)60(81)70-54(41(7)11-4)59(80)67-48(36-43-28-32-45(72)33-29-43)58(79)66-47(35-42-26-30-44(71)31-27-42)56(77)64-38-50(74)65-46(24-22-23-34-61)57(78)69-52(55(62)76)39(5)9-2/h26-33,39-41,46-48,52-54,71-72H,8-25,34-38,61H2,1-7H3,(H2,62,76)(H,63,73)(H,64,77)(H,65,74)(H,66,79)(H,67,80)(H,68,75)(H,69,78)(H,70,81)/t39-,40-,41-,46-,47-,48-,52-,53-,54-/m0/s1. The molecule has 81 heavy (non-hydrogen) atoms. The number of primary amides is 1. The molecule has 21 nitrogen and oxygen atoms in total. The first kappa shape index (κ1) is 70.3. The van der Waals surface area contributed by atoms with Crippen molar-refractivity contribution >= 4 is 53.2 Å². The number of nitrogens with two attached hydrogens (primary N) is 2. The highest BCUT2D eigenvalue weighted by molar-refractivity contribution is 5.97. The lowest BCUT2D eigenvalue weighted by Crippen LogP contribution is -2.61. The van der Waals surface area contributed by atoms with Crippen molar-refractivity contribution in [2.45, 2.75) is 213 Å². The molecule has 9 amide bonds. The van der Waals surface area contributed by atoms with E-state index in [4.69, 9.17) is 11.5 Å². The molecule has 0 saturated heterocycles. The van der Waals surface area contributed by atoms with Crippen molar-refractivity contribution in [3.63, 3.8) is 0 Å². The van der Waals surface area contributed by atoms with E-state index >= 15 is 0 Å². The molecule has 0 aromatic heterocycles. The lowest BCUT2D eigenvalue weighted by atomic mass is 9.94. The van der Waals surface area contributed by atoms with Crippen molar-refractivity contribution in [3.8, 4) is 11.5 Å². The van der Waals surface area contributed by atoms with Gasteiger partial charge in [-0.15, -0.1) is 0 Å². The molecule has 0 saturated carbocycles. The van der Waals surface area contributed by atoms with Crippen LogP contribution in [0.15, 0.2) is 48.5 Å². The highest BCUT2D eigenvalue weighted by Gasteiger charge is 2.36. The maximum absolute atomic E-state index is 14.6. The molecular formula is C60H98N10O11. The molecule has 0 spiro atoms. The number of benzene rings is 2. The fraction of sp³-hybridized carbons (Fsp3) is 0.650. The summed E-state index contributed by atoms with van der Waals surface area (Å²) >= 11 is 0. The molecule has 0 heterocycles. The van der Waals surface area contributed by atoms with Crippen molar-refractivity contribution in [3.05, 3.63) is 59.7 Å². The van der Waals surface area contributed by atoms with Crippen molar-refractivity contribution in [1.82, 2.24) is 42.5 Å². The van der Waals surface area contributed by atoms with Gasteiger partial charge in [0.2, 0.25) is 53.2 Å². The van der Waals surface area contributed by atoms with Gasteiger partial charge in [-0.2, -0.15) is 0 Å². The van der Waals surface area contributed by atoms with Crippen LogP contribution in [0.1, 0.15) is 175 Å². The fourth-order valence-electron chi connectivity index (χ4n) is 9.06.